The molecule has 4 amide bonds. The van der Waals surface area contributed by atoms with E-state index in [9.17, 15) is 19.2 Å². The summed E-state index contributed by atoms with van der Waals surface area (Å²) < 4.78 is 1.65. The van der Waals surface area contributed by atoms with Crippen LogP contribution in [0.3, 0.4) is 0 Å². The molecule has 1 atom stereocenters. The van der Waals surface area contributed by atoms with Gasteiger partial charge < -0.3 is 20.4 Å². The minimum absolute atomic E-state index is 0.0387. The first-order chi connectivity index (χ1) is 29.6. The second-order valence-corrected chi connectivity index (χ2v) is 17.8. The first kappa shape index (κ1) is 39.3. The van der Waals surface area contributed by atoms with Gasteiger partial charge in [0, 0.05) is 79.8 Å². The van der Waals surface area contributed by atoms with E-state index in [2.05, 4.69) is 61.1 Å². The quantitative estimate of drug-likeness (QED) is 0.148. The van der Waals surface area contributed by atoms with E-state index in [1.165, 1.54) is 11.1 Å². The zero-order valence-electron chi connectivity index (χ0n) is 34.3. The molecule has 4 aliphatic heterocycles. The van der Waals surface area contributed by atoms with Crippen molar-refractivity contribution in [2.45, 2.75) is 76.3 Å². The number of amides is 4. The van der Waals surface area contributed by atoms with Gasteiger partial charge in [-0.05, 0) is 117 Å². The minimum Gasteiger partial charge on any atom is -0.385 e. The number of imide groups is 1. The fourth-order valence-corrected chi connectivity index (χ4v) is 10.00. The van der Waals surface area contributed by atoms with Crippen molar-refractivity contribution in [3.63, 3.8) is 0 Å². The van der Waals surface area contributed by atoms with Crippen LogP contribution in [0.2, 0.25) is 5.02 Å². The lowest BCUT2D eigenvalue weighted by atomic mass is 9.71. The van der Waals surface area contributed by atoms with E-state index in [0.717, 1.165) is 99.6 Å². The molecule has 2 aromatic carbocycles. The average molecular weight is 841 g/mol. The number of pyridine rings is 1. The molecule has 1 unspecified atom stereocenters. The van der Waals surface area contributed by atoms with Crippen LogP contribution in [0.4, 0.5) is 17.2 Å². The lowest BCUT2D eigenvalue weighted by Crippen LogP contribution is -2.48. The van der Waals surface area contributed by atoms with Crippen LogP contribution in [0.15, 0.2) is 67.0 Å². The molecule has 10 rings (SSSR count). The van der Waals surface area contributed by atoms with E-state index in [0.29, 0.717) is 47.0 Å². The number of fused-ring (bicyclic) bond motifs is 2. The molecule has 5 aliphatic rings. The summed E-state index contributed by atoms with van der Waals surface area (Å²) in [6.45, 7) is 5.02. The first-order valence-electron chi connectivity index (χ1n) is 21.5. The summed E-state index contributed by atoms with van der Waals surface area (Å²) in [5.74, 6) is -0.624. The van der Waals surface area contributed by atoms with Gasteiger partial charge in [0.05, 0.1) is 23.5 Å². The molecule has 5 aromatic rings. The summed E-state index contributed by atoms with van der Waals surface area (Å²) in [7, 11) is 1.86. The van der Waals surface area contributed by atoms with Gasteiger partial charge in [0.2, 0.25) is 11.8 Å². The summed E-state index contributed by atoms with van der Waals surface area (Å²) >= 11 is 6.48. The van der Waals surface area contributed by atoms with Crippen LogP contribution < -0.4 is 20.9 Å². The second kappa shape index (κ2) is 15.9. The molecular weight excluding hydrogens is 792 g/mol. The van der Waals surface area contributed by atoms with Crippen molar-refractivity contribution < 1.29 is 19.2 Å². The summed E-state index contributed by atoms with van der Waals surface area (Å²) in [6.07, 6.45) is 11.3. The van der Waals surface area contributed by atoms with E-state index < -0.39 is 5.92 Å². The Hall–Kier alpha value is -5.86. The lowest BCUT2D eigenvalue weighted by Gasteiger charge is -2.47. The Morgan fingerprint density at radius 2 is 1.70 bits per heavy atom. The Bertz CT molecular complexity index is 2550. The summed E-state index contributed by atoms with van der Waals surface area (Å²) in [5.41, 5.74) is 8.77. The van der Waals surface area contributed by atoms with Crippen molar-refractivity contribution in [1.82, 2.24) is 40.0 Å². The number of aromatic nitrogens is 4. The standard InChI is InChI=1S/C46H49ClN10O4/c1-48-37-24-40(53-57-39(26-50-42(37)57)44(60)51-30-7-8-30)56-18-13-32-31(3-2-4-38(32)56)36-11-5-28(25-49-36)27-54-19-14-46(15-20-54)16-21-55(22-17-46)45(61)29-6-10-35(47)34(23-29)33-9-12-41(58)52-43(33)59/h2-6,10-11,23-26,30,33,48H,7-9,12-22,27H2,1H3,(H,51,60)(H,52,58,59). The van der Waals surface area contributed by atoms with Crippen molar-refractivity contribution >= 4 is 58.1 Å². The topological polar surface area (TPSA) is 157 Å². The fourth-order valence-electron chi connectivity index (χ4n) is 9.75. The van der Waals surface area contributed by atoms with Gasteiger partial charge in [-0.15, -0.1) is 5.10 Å². The van der Waals surface area contributed by atoms with Crippen molar-refractivity contribution in [2.24, 2.45) is 5.41 Å². The van der Waals surface area contributed by atoms with Crippen LogP contribution in [0, 0.1) is 5.41 Å². The predicted molar refractivity (Wildman–Crippen MR) is 232 cm³/mol. The van der Waals surface area contributed by atoms with Gasteiger partial charge in [-0.3, -0.25) is 34.4 Å². The lowest BCUT2D eigenvalue weighted by molar-refractivity contribution is -0.134. The van der Waals surface area contributed by atoms with E-state index in [1.807, 2.05) is 24.2 Å². The van der Waals surface area contributed by atoms with Gasteiger partial charge >= 0.3 is 0 Å². The highest BCUT2D eigenvalue weighted by molar-refractivity contribution is 6.32. The molecule has 15 heteroatoms. The Kier molecular flexibility index (Phi) is 10.2. The van der Waals surface area contributed by atoms with Crippen molar-refractivity contribution in [3.8, 4) is 11.3 Å². The first-order valence-corrected chi connectivity index (χ1v) is 21.9. The summed E-state index contributed by atoms with van der Waals surface area (Å²) in [5, 5.41) is 14.1. The number of nitrogens with zero attached hydrogens (tertiary/aromatic N) is 7. The highest BCUT2D eigenvalue weighted by Crippen LogP contribution is 2.43. The third kappa shape index (κ3) is 7.60. The highest BCUT2D eigenvalue weighted by atomic mass is 35.5. The number of nitrogens with one attached hydrogen (secondary N) is 3. The maximum atomic E-state index is 13.7. The number of anilines is 3. The molecule has 3 aromatic heterocycles. The molecule has 3 saturated heterocycles. The van der Waals surface area contributed by atoms with E-state index in [4.69, 9.17) is 21.7 Å². The van der Waals surface area contributed by atoms with Crippen LogP contribution in [-0.2, 0) is 22.6 Å². The van der Waals surface area contributed by atoms with Gasteiger partial charge in [-0.1, -0.05) is 29.8 Å². The van der Waals surface area contributed by atoms with Crippen molar-refractivity contribution in [3.05, 3.63) is 100.0 Å². The summed E-state index contributed by atoms with van der Waals surface area (Å²) in [4.78, 5) is 67.1. The molecule has 7 heterocycles. The third-order valence-electron chi connectivity index (χ3n) is 13.6. The highest BCUT2D eigenvalue weighted by Gasteiger charge is 2.39. The molecule has 0 radical (unpaired) electrons. The molecular formula is C46H49ClN10O4. The van der Waals surface area contributed by atoms with Crippen LogP contribution in [0.5, 0.6) is 0 Å². The number of imidazole rings is 1. The van der Waals surface area contributed by atoms with Crippen LogP contribution in [0.1, 0.15) is 94.8 Å². The maximum Gasteiger partial charge on any atom is 0.271 e. The molecule has 1 aliphatic carbocycles. The van der Waals surface area contributed by atoms with Gasteiger partial charge in [-0.25, -0.2) is 9.50 Å². The molecule has 4 fully saturated rings. The average Bonchev–Trinajstić information content (AvgIpc) is 3.81. The molecule has 61 heavy (non-hydrogen) atoms. The second-order valence-electron chi connectivity index (χ2n) is 17.4. The molecule has 1 spiro atoms. The number of benzene rings is 2. The summed E-state index contributed by atoms with van der Waals surface area (Å²) in [6, 6.07) is 18.1. The largest absolute Gasteiger partial charge is 0.385 e. The molecule has 314 valence electrons. The number of rotatable bonds is 9. The zero-order valence-corrected chi connectivity index (χ0v) is 35.0. The molecule has 3 N–H and O–H groups in total. The predicted octanol–water partition coefficient (Wildman–Crippen LogP) is 6.11. The number of carbonyl (C=O) groups excluding carboxylic acids is 4. The Morgan fingerprint density at radius 3 is 2.44 bits per heavy atom. The number of halogens is 1. The Morgan fingerprint density at radius 1 is 0.902 bits per heavy atom. The van der Waals surface area contributed by atoms with E-state index >= 15 is 0 Å². The maximum absolute atomic E-state index is 13.7. The minimum atomic E-state index is -0.539. The third-order valence-corrected chi connectivity index (χ3v) is 13.9. The van der Waals surface area contributed by atoms with Crippen LogP contribution in [-0.4, -0.2) is 98.8 Å². The van der Waals surface area contributed by atoms with Gasteiger partial charge in [0.15, 0.2) is 17.2 Å². The Balaban J connectivity index is 0.758. The number of piperidine rings is 3. The number of hydrogen-bond donors (Lipinski definition) is 3. The van der Waals surface area contributed by atoms with Gasteiger partial charge in [0.1, 0.15) is 0 Å². The Labute approximate surface area is 359 Å². The van der Waals surface area contributed by atoms with E-state index in [1.54, 1.807) is 28.9 Å². The van der Waals surface area contributed by atoms with Gasteiger partial charge in [0.25, 0.3) is 11.8 Å². The number of carbonyl (C=O) groups is 4. The van der Waals surface area contributed by atoms with Crippen molar-refractivity contribution in [2.75, 3.05) is 50.0 Å². The molecule has 1 saturated carbocycles. The number of hydrogen-bond acceptors (Lipinski definition) is 10. The van der Waals surface area contributed by atoms with E-state index in [-0.39, 0.29) is 41.5 Å². The fraction of sp³-hybridized carbons (Fsp3) is 0.413. The number of likely N-dealkylation sites (tertiary alicyclic amines) is 2. The van der Waals surface area contributed by atoms with Gasteiger partial charge in [-0.2, -0.15) is 0 Å². The zero-order chi connectivity index (χ0) is 41.8. The molecule has 0 bridgehead atoms. The monoisotopic (exact) mass is 840 g/mol. The SMILES string of the molecule is CNc1cc(N2CCc3c(-c4ccc(CN5CCC6(CC5)CCN(C(=O)c5ccc(Cl)c(C7CCC(=O)NC7=O)c5)CC6)cn4)cccc32)nn2c(C(=O)NC3CC3)cnc12. The smallest absolute Gasteiger partial charge is 0.271 e. The van der Waals surface area contributed by atoms with Crippen LogP contribution >= 0.6 is 11.6 Å². The van der Waals surface area contributed by atoms with Crippen molar-refractivity contribution in [1.29, 1.82) is 0 Å². The molecule has 14 nitrogen and oxygen atoms in total. The van der Waals surface area contributed by atoms with Crippen LogP contribution in [0.25, 0.3) is 16.9 Å². The normalized spacial score (nSPS) is 20.2.